The third kappa shape index (κ3) is 3.94. The molecule has 1 N–H and O–H groups in total. The van der Waals surface area contributed by atoms with Gasteiger partial charge in [0.15, 0.2) is 5.82 Å². The van der Waals surface area contributed by atoms with Crippen LogP contribution >= 0.6 is 50.5 Å². The predicted molar refractivity (Wildman–Crippen MR) is 101 cm³/mol. The zero-order chi connectivity index (χ0) is 17.3. The molecule has 24 heavy (non-hydrogen) atoms. The molecule has 0 aliphatic heterocycles. The fourth-order valence-corrected chi connectivity index (χ4v) is 4.84. The molecule has 0 bridgehead atoms. The Morgan fingerprint density at radius 2 is 2.04 bits per heavy atom. The van der Waals surface area contributed by atoms with Crippen LogP contribution in [0, 0.1) is 0 Å². The number of aromatic nitrogens is 2. The second-order valence-corrected chi connectivity index (χ2v) is 9.33. The molecule has 2 heterocycles. The molecule has 2 aromatic heterocycles. The topological polar surface area (TPSA) is 64.0 Å². The molecule has 1 aromatic carbocycles. The van der Waals surface area contributed by atoms with E-state index in [0.717, 1.165) is 16.9 Å². The maximum absolute atomic E-state index is 12.3. The van der Waals surface area contributed by atoms with E-state index in [0.29, 0.717) is 21.1 Å². The summed E-state index contributed by atoms with van der Waals surface area (Å²) in [6.07, 6.45) is 1.69. The molecule has 5 nitrogen and oxygen atoms in total. The highest BCUT2D eigenvalue weighted by molar-refractivity contribution is 9.10. The molecule has 126 valence electrons. The third-order valence-corrected chi connectivity index (χ3v) is 7.09. The molecule has 10 heteroatoms. The fourth-order valence-electron chi connectivity index (χ4n) is 1.97. The second kappa shape index (κ2) is 7.05. The molecule has 0 unspecified atom stereocenters. The number of benzene rings is 1. The van der Waals surface area contributed by atoms with Crippen molar-refractivity contribution in [2.24, 2.45) is 0 Å². The van der Waals surface area contributed by atoms with Gasteiger partial charge in [0.1, 0.15) is 4.21 Å². The Kier molecular flexibility index (Phi) is 5.22. The second-order valence-electron chi connectivity index (χ2n) is 4.81. The van der Waals surface area contributed by atoms with E-state index in [1.54, 1.807) is 34.5 Å². The minimum absolute atomic E-state index is 0.225. The summed E-state index contributed by atoms with van der Waals surface area (Å²) >= 11 is 16.4. The number of hydrogen-bond acceptors (Lipinski definition) is 4. The summed E-state index contributed by atoms with van der Waals surface area (Å²) in [7, 11) is -3.64. The first-order valence-corrected chi connectivity index (χ1v) is 10.5. The van der Waals surface area contributed by atoms with Crippen LogP contribution in [-0.2, 0) is 16.6 Å². The normalized spacial score (nSPS) is 11.6. The van der Waals surface area contributed by atoms with Gasteiger partial charge in [0, 0.05) is 6.20 Å². The van der Waals surface area contributed by atoms with Crippen LogP contribution in [0.25, 0.3) is 0 Å². The van der Waals surface area contributed by atoms with E-state index in [1.807, 2.05) is 6.07 Å². The molecule has 0 radical (unpaired) electrons. The standard InChI is InChI=1S/C14H10BrCl2N3O2S2/c15-10-8-20(7-9-3-4-11(16)12(17)6-9)18-14(10)19-24(21,22)13-2-1-5-23-13/h1-6,8H,7H2,(H,18,19). The molecule has 0 fully saturated rings. The largest absolute Gasteiger partial charge is 0.272 e. The first-order chi connectivity index (χ1) is 11.3. The minimum atomic E-state index is -3.64. The average Bonchev–Trinajstić information content (AvgIpc) is 3.14. The summed E-state index contributed by atoms with van der Waals surface area (Å²) in [5.41, 5.74) is 0.895. The van der Waals surface area contributed by atoms with Gasteiger partial charge in [-0.25, -0.2) is 8.42 Å². The zero-order valence-electron chi connectivity index (χ0n) is 11.9. The minimum Gasteiger partial charge on any atom is -0.265 e. The number of anilines is 1. The molecule has 0 amide bonds. The van der Waals surface area contributed by atoms with Gasteiger partial charge in [-0.1, -0.05) is 35.3 Å². The van der Waals surface area contributed by atoms with Crippen molar-refractivity contribution >= 4 is 66.3 Å². The SMILES string of the molecule is O=S(=O)(Nc1nn(Cc2ccc(Cl)c(Cl)c2)cc1Br)c1cccs1. The van der Waals surface area contributed by atoms with Crippen molar-refractivity contribution in [2.45, 2.75) is 10.8 Å². The molecule has 0 spiro atoms. The van der Waals surface area contributed by atoms with Gasteiger partial charge in [-0.15, -0.1) is 11.3 Å². The lowest BCUT2D eigenvalue weighted by molar-refractivity contribution is 0.602. The van der Waals surface area contributed by atoms with Crippen LogP contribution in [0.5, 0.6) is 0 Å². The number of halogens is 3. The van der Waals surface area contributed by atoms with Crippen molar-refractivity contribution in [1.29, 1.82) is 0 Å². The predicted octanol–water partition coefficient (Wildman–Crippen LogP) is 4.86. The van der Waals surface area contributed by atoms with Gasteiger partial charge >= 0.3 is 0 Å². The van der Waals surface area contributed by atoms with E-state index >= 15 is 0 Å². The van der Waals surface area contributed by atoms with Gasteiger partial charge in [0.2, 0.25) is 0 Å². The maximum atomic E-state index is 12.3. The van der Waals surface area contributed by atoms with Gasteiger partial charge in [-0.3, -0.25) is 9.40 Å². The quantitative estimate of drug-likeness (QED) is 0.583. The Hall–Kier alpha value is -1.06. The van der Waals surface area contributed by atoms with Crippen molar-refractivity contribution in [3.8, 4) is 0 Å². The lowest BCUT2D eigenvalue weighted by Crippen LogP contribution is -2.12. The van der Waals surface area contributed by atoms with E-state index in [4.69, 9.17) is 23.2 Å². The monoisotopic (exact) mass is 465 g/mol. The van der Waals surface area contributed by atoms with Crippen LogP contribution in [0.2, 0.25) is 10.0 Å². The molecular weight excluding hydrogens is 457 g/mol. The van der Waals surface area contributed by atoms with Crippen molar-refractivity contribution in [3.05, 3.63) is 62.0 Å². The van der Waals surface area contributed by atoms with Crippen LogP contribution in [0.3, 0.4) is 0 Å². The Morgan fingerprint density at radius 1 is 1.25 bits per heavy atom. The summed E-state index contributed by atoms with van der Waals surface area (Å²) < 4.78 is 29.4. The molecule has 0 saturated heterocycles. The van der Waals surface area contributed by atoms with E-state index in [-0.39, 0.29) is 10.0 Å². The van der Waals surface area contributed by atoms with Crippen LogP contribution < -0.4 is 4.72 Å². The summed E-state index contributed by atoms with van der Waals surface area (Å²) in [4.78, 5) is 0. The van der Waals surface area contributed by atoms with E-state index < -0.39 is 10.0 Å². The molecule has 0 aliphatic rings. The lowest BCUT2D eigenvalue weighted by Gasteiger charge is -2.05. The number of thiophene rings is 1. The van der Waals surface area contributed by atoms with Gasteiger partial charge in [-0.05, 0) is 45.1 Å². The van der Waals surface area contributed by atoms with Gasteiger partial charge in [0.05, 0.1) is 21.1 Å². The van der Waals surface area contributed by atoms with E-state index in [1.165, 1.54) is 6.07 Å². The average molecular weight is 467 g/mol. The maximum Gasteiger partial charge on any atom is 0.272 e. The first kappa shape index (κ1) is 17.8. The van der Waals surface area contributed by atoms with Gasteiger partial charge in [0.25, 0.3) is 10.0 Å². The zero-order valence-corrected chi connectivity index (χ0v) is 16.6. The fraction of sp³-hybridized carbons (Fsp3) is 0.0714. The Balaban J connectivity index is 1.81. The number of sulfonamides is 1. The highest BCUT2D eigenvalue weighted by Gasteiger charge is 2.19. The highest BCUT2D eigenvalue weighted by Crippen LogP contribution is 2.26. The van der Waals surface area contributed by atoms with E-state index in [2.05, 4.69) is 25.8 Å². The molecule has 0 atom stereocenters. The molecule has 3 aromatic rings. The Labute approximate surface area is 161 Å². The van der Waals surface area contributed by atoms with E-state index in [9.17, 15) is 8.42 Å². The summed E-state index contributed by atoms with van der Waals surface area (Å²) in [6, 6.07) is 8.50. The van der Waals surface area contributed by atoms with Crippen molar-refractivity contribution in [3.63, 3.8) is 0 Å². The molecule has 3 rings (SSSR count). The van der Waals surface area contributed by atoms with Gasteiger partial charge < -0.3 is 0 Å². The van der Waals surface area contributed by atoms with Crippen molar-refractivity contribution < 1.29 is 8.42 Å². The van der Waals surface area contributed by atoms with Crippen LogP contribution in [0.4, 0.5) is 5.82 Å². The van der Waals surface area contributed by atoms with Crippen LogP contribution in [0.15, 0.2) is 50.6 Å². The number of nitrogens with one attached hydrogen (secondary N) is 1. The van der Waals surface area contributed by atoms with Crippen molar-refractivity contribution in [1.82, 2.24) is 9.78 Å². The van der Waals surface area contributed by atoms with Crippen LogP contribution in [0.1, 0.15) is 5.56 Å². The number of nitrogens with zero attached hydrogens (tertiary/aromatic N) is 2. The summed E-state index contributed by atoms with van der Waals surface area (Å²) in [5, 5.41) is 6.90. The molecule has 0 aliphatic carbocycles. The van der Waals surface area contributed by atoms with Crippen molar-refractivity contribution in [2.75, 3.05) is 4.72 Å². The Morgan fingerprint density at radius 3 is 2.71 bits per heavy atom. The molecular formula is C14H10BrCl2N3O2S2. The van der Waals surface area contributed by atoms with Crippen LogP contribution in [-0.4, -0.2) is 18.2 Å². The Bertz CT molecular complexity index is 972. The third-order valence-electron chi connectivity index (χ3n) is 3.04. The lowest BCUT2D eigenvalue weighted by atomic mass is 10.2. The molecule has 0 saturated carbocycles. The first-order valence-electron chi connectivity index (χ1n) is 6.58. The number of rotatable bonds is 5. The number of hydrogen-bond donors (Lipinski definition) is 1. The summed E-state index contributed by atoms with van der Waals surface area (Å²) in [5.74, 6) is 0.225. The smallest absolute Gasteiger partial charge is 0.265 e. The highest BCUT2D eigenvalue weighted by atomic mass is 79.9. The van der Waals surface area contributed by atoms with Gasteiger partial charge in [-0.2, -0.15) is 5.10 Å². The summed E-state index contributed by atoms with van der Waals surface area (Å²) in [6.45, 7) is 0.427.